The second kappa shape index (κ2) is 15.9. The number of hydrogen-bond acceptors (Lipinski definition) is 6. The summed E-state index contributed by atoms with van der Waals surface area (Å²) < 4.78 is 0. The van der Waals surface area contributed by atoms with Gasteiger partial charge in [0.15, 0.2) is 12.2 Å². The minimum absolute atomic E-state index is 0. The molecule has 0 aliphatic heterocycles. The second-order valence-electron chi connectivity index (χ2n) is 2.55. The van der Waals surface area contributed by atoms with Crippen LogP contribution >= 0.6 is 0 Å². The van der Waals surface area contributed by atoms with E-state index in [1.807, 2.05) is 0 Å². The van der Waals surface area contributed by atoms with Crippen LogP contribution in [0, 0.1) is 0 Å². The molecule has 0 aromatic carbocycles. The Bertz CT molecular complexity index is 220. The first-order valence-electron chi connectivity index (χ1n) is 3.47. The van der Waals surface area contributed by atoms with E-state index in [9.17, 15) is 9.59 Å². The molecule has 0 rings (SSSR count). The summed E-state index contributed by atoms with van der Waals surface area (Å²) >= 11 is 0. The number of carboxylic acids is 2. The molecule has 4 atom stereocenters. The van der Waals surface area contributed by atoms with Gasteiger partial charge in [-0.25, -0.2) is 9.59 Å². The van der Waals surface area contributed by atoms with Crippen LogP contribution in [0.5, 0.6) is 0 Å². The summed E-state index contributed by atoms with van der Waals surface area (Å²) in [7, 11) is 0. The van der Waals surface area contributed by atoms with E-state index >= 15 is 0 Å². The molecular formula is C6H20CaO12. The fourth-order valence-electron chi connectivity index (χ4n) is 0.666. The fraction of sp³-hybridized carbons (Fsp3) is 0.667. The predicted molar refractivity (Wildman–Crippen MR) is 61.7 cm³/mol. The topological polar surface area (TPSA) is 282 Å². The summed E-state index contributed by atoms with van der Waals surface area (Å²) in [5.41, 5.74) is 0. The van der Waals surface area contributed by atoms with Crippen LogP contribution in [0.1, 0.15) is 2.85 Å². The Morgan fingerprint density at radius 2 is 0.842 bits per heavy atom. The molecule has 0 amide bonds. The van der Waals surface area contributed by atoms with E-state index in [1.54, 1.807) is 0 Å². The van der Waals surface area contributed by atoms with Crippen molar-refractivity contribution in [1.82, 2.24) is 0 Å². The summed E-state index contributed by atoms with van der Waals surface area (Å²) in [6, 6.07) is 0. The SMILES string of the molecule is O.O.O.O.O=C(O)C(O)C(O)C(O)C(O)C(=O)O.[Ca+2].[H-].[H-]. The first-order chi connectivity index (χ1) is 6.29. The molecular weight excluding hydrogens is 304 g/mol. The molecule has 13 heteroatoms. The van der Waals surface area contributed by atoms with E-state index in [4.69, 9.17) is 30.6 Å². The maximum Gasteiger partial charge on any atom is 2.00 e. The molecule has 0 fully saturated rings. The summed E-state index contributed by atoms with van der Waals surface area (Å²) in [5, 5.41) is 51.5. The van der Waals surface area contributed by atoms with Crippen LogP contribution in [0.25, 0.3) is 0 Å². The van der Waals surface area contributed by atoms with Crippen molar-refractivity contribution in [2.75, 3.05) is 0 Å². The molecule has 0 saturated heterocycles. The van der Waals surface area contributed by atoms with E-state index in [-0.39, 0.29) is 62.5 Å². The van der Waals surface area contributed by atoms with Gasteiger partial charge in [0.25, 0.3) is 0 Å². The van der Waals surface area contributed by atoms with Crippen molar-refractivity contribution < 1.29 is 65.0 Å². The second-order valence-corrected chi connectivity index (χ2v) is 2.55. The van der Waals surface area contributed by atoms with Crippen LogP contribution < -0.4 is 0 Å². The number of carboxylic acid groups (broad SMARTS) is 2. The van der Waals surface area contributed by atoms with Gasteiger partial charge in [-0.3, -0.25) is 0 Å². The van der Waals surface area contributed by atoms with Gasteiger partial charge in [0, 0.05) is 0 Å². The van der Waals surface area contributed by atoms with Crippen LogP contribution in [0.15, 0.2) is 0 Å². The van der Waals surface area contributed by atoms with E-state index in [0.29, 0.717) is 0 Å². The molecule has 0 heterocycles. The molecule has 0 radical (unpaired) electrons. The molecule has 4 unspecified atom stereocenters. The molecule has 19 heavy (non-hydrogen) atoms. The maximum atomic E-state index is 10.1. The van der Waals surface area contributed by atoms with Crippen LogP contribution in [0.4, 0.5) is 0 Å². The molecule has 0 saturated carbocycles. The molecule has 0 aromatic heterocycles. The molecule has 12 nitrogen and oxygen atoms in total. The van der Waals surface area contributed by atoms with Crippen LogP contribution in [-0.4, -0.2) is 127 Å². The van der Waals surface area contributed by atoms with Crippen molar-refractivity contribution in [3.8, 4) is 0 Å². The third-order valence-corrected chi connectivity index (χ3v) is 1.50. The summed E-state index contributed by atoms with van der Waals surface area (Å²) in [4.78, 5) is 20.2. The molecule has 0 spiro atoms. The van der Waals surface area contributed by atoms with Gasteiger partial charge in [0.05, 0.1) is 0 Å². The number of carbonyl (C=O) groups is 2. The third-order valence-electron chi connectivity index (χ3n) is 1.50. The summed E-state index contributed by atoms with van der Waals surface area (Å²) in [5.74, 6) is -3.68. The molecule has 0 bridgehead atoms. The Balaban J connectivity index is -0.0000000402. The number of aliphatic hydroxyl groups excluding tert-OH is 4. The van der Waals surface area contributed by atoms with Gasteiger partial charge in [-0.1, -0.05) is 0 Å². The zero-order valence-electron chi connectivity index (χ0n) is 11.5. The first kappa shape index (κ1) is 36.4. The van der Waals surface area contributed by atoms with Crippen molar-refractivity contribution in [3.63, 3.8) is 0 Å². The van der Waals surface area contributed by atoms with Crippen LogP contribution in [-0.2, 0) is 9.59 Å². The monoisotopic (exact) mass is 324 g/mol. The number of hydrogen-bond donors (Lipinski definition) is 6. The Morgan fingerprint density at radius 3 is 0.947 bits per heavy atom. The standard InChI is InChI=1S/C6H10O8.Ca.4H2O.2H/c7-1(3(9)5(11)12)2(8)4(10)6(13)14;;;;;;;/h1-4,7-10H,(H,11,12)(H,13,14);;4*1H2;;/q;+2;;;;;2*-1. The molecule has 118 valence electrons. The van der Waals surface area contributed by atoms with Gasteiger partial charge < -0.3 is 55.4 Å². The zero-order chi connectivity index (χ0) is 11.5. The number of rotatable bonds is 5. The maximum absolute atomic E-state index is 10.1. The number of aliphatic hydroxyl groups is 4. The van der Waals surface area contributed by atoms with Crippen molar-refractivity contribution in [3.05, 3.63) is 0 Å². The van der Waals surface area contributed by atoms with Gasteiger partial charge in [-0.15, -0.1) is 0 Å². The van der Waals surface area contributed by atoms with Crippen LogP contribution in [0.3, 0.4) is 0 Å². The quantitative estimate of drug-likeness (QED) is 0.263. The average Bonchev–Trinajstić information content (AvgIpc) is 2.12. The first-order valence-corrected chi connectivity index (χ1v) is 3.47. The smallest absolute Gasteiger partial charge is 1.00 e. The van der Waals surface area contributed by atoms with Gasteiger partial charge in [0.1, 0.15) is 12.2 Å². The summed E-state index contributed by atoms with van der Waals surface area (Å²) in [6.07, 6.45) is -9.28. The van der Waals surface area contributed by atoms with Gasteiger partial charge in [-0.2, -0.15) is 0 Å². The van der Waals surface area contributed by atoms with E-state index < -0.39 is 36.4 Å². The Labute approximate surface area is 139 Å². The van der Waals surface area contributed by atoms with E-state index in [2.05, 4.69) is 0 Å². The van der Waals surface area contributed by atoms with Gasteiger partial charge >= 0.3 is 49.7 Å². The van der Waals surface area contributed by atoms with Crippen molar-refractivity contribution in [2.24, 2.45) is 0 Å². The van der Waals surface area contributed by atoms with Crippen LogP contribution in [0.2, 0.25) is 0 Å². The van der Waals surface area contributed by atoms with Crippen molar-refractivity contribution >= 4 is 49.7 Å². The largest absolute Gasteiger partial charge is 2.00 e. The zero-order valence-corrected chi connectivity index (χ0v) is 11.7. The normalized spacial score (nSPS) is 14.3. The third kappa shape index (κ3) is 11.4. The Kier molecular flexibility index (Phi) is 30.5. The molecule has 14 N–H and O–H groups in total. The van der Waals surface area contributed by atoms with Crippen molar-refractivity contribution in [1.29, 1.82) is 0 Å². The minimum Gasteiger partial charge on any atom is -1.00 e. The van der Waals surface area contributed by atoms with Crippen molar-refractivity contribution in [2.45, 2.75) is 24.4 Å². The fourth-order valence-corrected chi connectivity index (χ4v) is 0.666. The van der Waals surface area contributed by atoms with Gasteiger partial charge in [-0.05, 0) is 0 Å². The minimum atomic E-state index is -2.36. The number of aliphatic carboxylic acids is 2. The predicted octanol–water partition coefficient (Wildman–Crippen LogP) is -6.86. The molecule has 0 aliphatic carbocycles. The molecule has 0 aromatic rings. The van der Waals surface area contributed by atoms with E-state index in [0.717, 1.165) is 0 Å². The van der Waals surface area contributed by atoms with Gasteiger partial charge in [0.2, 0.25) is 0 Å². The Morgan fingerprint density at radius 1 is 0.684 bits per heavy atom. The summed E-state index contributed by atoms with van der Waals surface area (Å²) in [6.45, 7) is 0. The molecule has 0 aliphatic rings. The van der Waals surface area contributed by atoms with E-state index in [1.165, 1.54) is 0 Å². The average molecular weight is 324 g/mol. The Hall–Kier alpha value is -0.120.